The summed E-state index contributed by atoms with van der Waals surface area (Å²) in [6.45, 7) is 1.41. The van der Waals surface area contributed by atoms with Crippen molar-refractivity contribution < 1.29 is 9.90 Å². The van der Waals surface area contributed by atoms with Gasteiger partial charge in [-0.3, -0.25) is 4.79 Å². The molecule has 0 atom stereocenters. The van der Waals surface area contributed by atoms with Gasteiger partial charge in [0.15, 0.2) is 11.6 Å². The molecule has 6 nitrogen and oxygen atoms in total. The van der Waals surface area contributed by atoms with E-state index in [0.717, 1.165) is 22.4 Å². The zero-order valence-electron chi connectivity index (χ0n) is 12.9. The first-order valence-corrected chi connectivity index (χ1v) is 7.48. The number of carboxylic acids is 1. The predicted octanol–water partition coefficient (Wildman–Crippen LogP) is 2.00. The molecule has 0 bridgehead atoms. The zero-order chi connectivity index (χ0) is 15.7. The molecule has 1 aliphatic rings. The third-order valence-electron chi connectivity index (χ3n) is 4.22. The van der Waals surface area contributed by atoms with Gasteiger partial charge >= 0.3 is 5.97 Å². The minimum atomic E-state index is -0.696. The Morgan fingerprint density at radius 1 is 1.18 bits per heavy atom. The SMILES string of the molecule is CN(C)c1nnc(N2CCC(C(=O)O)CC2)c2ccccc12. The van der Waals surface area contributed by atoms with Crippen LogP contribution in [-0.2, 0) is 4.79 Å². The molecule has 0 amide bonds. The van der Waals surface area contributed by atoms with Crippen LogP contribution in [0.5, 0.6) is 0 Å². The summed E-state index contributed by atoms with van der Waals surface area (Å²) in [5.41, 5.74) is 0. The molecule has 6 heteroatoms. The van der Waals surface area contributed by atoms with Gasteiger partial charge in [0.2, 0.25) is 0 Å². The van der Waals surface area contributed by atoms with E-state index in [-0.39, 0.29) is 5.92 Å². The summed E-state index contributed by atoms with van der Waals surface area (Å²) >= 11 is 0. The van der Waals surface area contributed by atoms with Crippen molar-refractivity contribution >= 4 is 28.4 Å². The van der Waals surface area contributed by atoms with Crippen molar-refractivity contribution in [1.82, 2.24) is 10.2 Å². The van der Waals surface area contributed by atoms with Crippen LogP contribution in [0.2, 0.25) is 0 Å². The predicted molar refractivity (Wildman–Crippen MR) is 86.4 cm³/mol. The molecule has 1 aliphatic heterocycles. The van der Waals surface area contributed by atoms with E-state index in [1.54, 1.807) is 0 Å². The van der Waals surface area contributed by atoms with Crippen LogP contribution in [0, 0.1) is 5.92 Å². The molecule has 0 unspecified atom stereocenters. The Balaban J connectivity index is 1.96. The number of anilines is 2. The highest BCUT2D eigenvalue weighted by atomic mass is 16.4. The van der Waals surface area contributed by atoms with Gasteiger partial charge in [0, 0.05) is 38.0 Å². The lowest BCUT2D eigenvalue weighted by Gasteiger charge is -2.31. The highest BCUT2D eigenvalue weighted by Gasteiger charge is 2.26. The Kier molecular flexibility index (Phi) is 3.83. The zero-order valence-corrected chi connectivity index (χ0v) is 12.9. The molecular weight excluding hydrogens is 280 g/mol. The molecule has 1 N–H and O–H groups in total. The molecule has 2 aromatic rings. The topological polar surface area (TPSA) is 69.6 Å². The van der Waals surface area contributed by atoms with Crippen molar-refractivity contribution in [3.05, 3.63) is 24.3 Å². The van der Waals surface area contributed by atoms with Gasteiger partial charge in [-0.25, -0.2) is 0 Å². The highest BCUT2D eigenvalue weighted by molar-refractivity contribution is 5.98. The van der Waals surface area contributed by atoms with Crippen LogP contribution in [0.25, 0.3) is 10.8 Å². The third-order valence-corrected chi connectivity index (χ3v) is 4.22. The molecule has 1 fully saturated rings. The van der Waals surface area contributed by atoms with Gasteiger partial charge in [0.25, 0.3) is 0 Å². The number of rotatable bonds is 3. The summed E-state index contributed by atoms with van der Waals surface area (Å²) in [5.74, 6) is 0.764. The molecule has 0 radical (unpaired) electrons. The van der Waals surface area contributed by atoms with E-state index in [0.29, 0.717) is 25.9 Å². The minimum Gasteiger partial charge on any atom is -0.481 e. The standard InChI is InChI=1S/C16H20N4O2/c1-19(2)14-12-5-3-4-6-13(12)15(18-17-14)20-9-7-11(8-10-20)16(21)22/h3-6,11H,7-10H2,1-2H3,(H,21,22). The van der Waals surface area contributed by atoms with E-state index < -0.39 is 5.97 Å². The van der Waals surface area contributed by atoms with Gasteiger partial charge < -0.3 is 14.9 Å². The summed E-state index contributed by atoms with van der Waals surface area (Å²) in [6.07, 6.45) is 1.31. The average molecular weight is 300 g/mol. The lowest BCUT2D eigenvalue weighted by Crippen LogP contribution is -2.37. The Morgan fingerprint density at radius 2 is 1.82 bits per heavy atom. The van der Waals surface area contributed by atoms with Crippen molar-refractivity contribution in [2.75, 3.05) is 37.0 Å². The van der Waals surface area contributed by atoms with E-state index in [9.17, 15) is 4.79 Å². The second kappa shape index (κ2) is 5.79. The molecule has 1 aromatic heterocycles. The van der Waals surface area contributed by atoms with Gasteiger partial charge in [0.1, 0.15) is 0 Å². The average Bonchev–Trinajstić information content (AvgIpc) is 2.53. The van der Waals surface area contributed by atoms with Gasteiger partial charge in [0.05, 0.1) is 5.92 Å². The fourth-order valence-electron chi connectivity index (χ4n) is 2.98. The molecular formula is C16H20N4O2. The van der Waals surface area contributed by atoms with Crippen LogP contribution in [0.4, 0.5) is 11.6 Å². The molecule has 1 aromatic carbocycles. The second-order valence-corrected chi connectivity index (χ2v) is 5.89. The smallest absolute Gasteiger partial charge is 0.306 e. The molecule has 22 heavy (non-hydrogen) atoms. The molecule has 1 saturated heterocycles. The quantitative estimate of drug-likeness (QED) is 0.935. The Labute approximate surface area is 129 Å². The fraction of sp³-hybridized carbons (Fsp3) is 0.438. The van der Waals surface area contributed by atoms with Crippen LogP contribution < -0.4 is 9.80 Å². The summed E-state index contributed by atoms with van der Waals surface area (Å²) < 4.78 is 0. The molecule has 3 rings (SSSR count). The Morgan fingerprint density at radius 3 is 2.41 bits per heavy atom. The molecule has 116 valence electrons. The van der Waals surface area contributed by atoms with Crippen LogP contribution in [0.1, 0.15) is 12.8 Å². The first-order valence-electron chi connectivity index (χ1n) is 7.48. The van der Waals surface area contributed by atoms with Crippen LogP contribution in [-0.4, -0.2) is 48.5 Å². The second-order valence-electron chi connectivity index (χ2n) is 5.89. The Hall–Kier alpha value is -2.37. The number of aromatic nitrogens is 2. The maximum Gasteiger partial charge on any atom is 0.306 e. The lowest BCUT2D eigenvalue weighted by molar-refractivity contribution is -0.142. The summed E-state index contributed by atoms with van der Waals surface area (Å²) in [7, 11) is 3.91. The normalized spacial score (nSPS) is 16.0. The number of nitrogens with zero attached hydrogens (tertiary/aromatic N) is 4. The van der Waals surface area contributed by atoms with Gasteiger partial charge in [-0.05, 0) is 12.8 Å². The van der Waals surface area contributed by atoms with E-state index >= 15 is 0 Å². The number of carboxylic acid groups (broad SMARTS) is 1. The van der Waals surface area contributed by atoms with Gasteiger partial charge in [-0.1, -0.05) is 24.3 Å². The summed E-state index contributed by atoms with van der Waals surface area (Å²) in [6, 6.07) is 8.09. The van der Waals surface area contributed by atoms with E-state index in [2.05, 4.69) is 21.2 Å². The molecule has 0 saturated carbocycles. The number of benzene rings is 1. The van der Waals surface area contributed by atoms with Crippen LogP contribution in [0.3, 0.4) is 0 Å². The first-order chi connectivity index (χ1) is 10.6. The van der Waals surface area contributed by atoms with Gasteiger partial charge in [-0.15, -0.1) is 10.2 Å². The van der Waals surface area contributed by atoms with Crippen LogP contribution >= 0.6 is 0 Å². The number of fused-ring (bicyclic) bond motifs is 1. The third kappa shape index (κ3) is 2.56. The van der Waals surface area contributed by atoms with Crippen molar-refractivity contribution in [2.45, 2.75) is 12.8 Å². The van der Waals surface area contributed by atoms with E-state index in [1.807, 2.05) is 37.2 Å². The Bertz CT molecular complexity index is 694. The monoisotopic (exact) mass is 300 g/mol. The first kappa shape index (κ1) is 14.6. The number of carbonyl (C=O) groups is 1. The van der Waals surface area contributed by atoms with E-state index in [1.165, 1.54) is 0 Å². The van der Waals surface area contributed by atoms with E-state index in [4.69, 9.17) is 5.11 Å². The number of hydrogen-bond acceptors (Lipinski definition) is 5. The molecule has 2 heterocycles. The summed E-state index contributed by atoms with van der Waals surface area (Å²) in [5, 5.41) is 20.0. The maximum atomic E-state index is 11.1. The lowest BCUT2D eigenvalue weighted by atomic mass is 9.97. The van der Waals surface area contributed by atoms with Gasteiger partial charge in [-0.2, -0.15) is 0 Å². The highest BCUT2D eigenvalue weighted by Crippen LogP contribution is 2.31. The van der Waals surface area contributed by atoms with Crippen molar-refractivity contribution in [1.29, 1.82) is 0 Å². The minimum absolute atomic E-state index is 0.239. The van der Waals surface area contributed by atoms with Crippen LogP contribution in [0.15, 0.2) is 24.3 Å². The molecule has 0 spiro atoms. The van der Waals surface area contributed by atoms with Crippen molar-refractivity contribution in [3.63, 3.8) is 0 Å². The number of aliphatic carboxylic acids is 1. The largest absolute Gasteiger partial charge is 0.481 e. The maximum absolute atomic E-state index is 11.1. The van der Waals surface area contributed by atoms with Crippen molar-refractivity contribution in [3.8, 4) is 0 Å². The van der Waals surface area contributed by atoms with Crippen molar-refractivity contribution in [2.24, 2.45) is 5.92 Å². The number of piperidine rings is 1. The summed E-state index contributed by atoms with van der Waals surface area (Å²) in [4.78, 5) is 15.2. The number of hydrogen-bond donors (Lipinski definition) is 1. The fourth-order valence-corrected chi connectivity index (χ4v) is 2.98. The molecule has 0 aliphatic carbocycles.